The number of furan rings is 1. The van der Waals surface area contributed by atoms with Crippen LogP contribution in [0.5, 0.6) is 5.75 Å². The SMILES string of the molecule is COc1cc(Cl)ccc1C(O)Cc1ccoc1. The van der Waals surface area contributed by atoms with E-state index in [-0.39, 0.29) is 0 Å². The molecule has 90 valence electrons. The molecule has 0 aliphatic rings. The van der Waals surface area contributed by atoms with Crippen LogP contribution in [0.15, 0.2) is 41.2 Å². The van der Waals surface area contributed by atoms with Crippen molar-refractivity contribution in [3.8, 4) is 5.75 Å². The average Bonchev–Trinajstić information content (AvgIpc) is 2.81. The van der Waals surface area contributed by atoms with Crippen molar-refractivity contribution in [3.63, 3.8) is 0 Å². The fourth-order valence-electron chi connectivity index (χ4n) is 1.70. The summed E-state index contributed by atoms with van der Waals surface area (Å²) in [4.78, 5) is 0. The first-order valence-corrected chi connectivity index (χ1v) is 5.61. The second-order valence-corrected chi connectivity index (χ2v) is 4.17. The van der Waals surface area contributed by atoms with Gasteiger partial charge in [-0.2, -0.15) is 0 Å². The summed E-state index contributed by atoms with van der Waals surface area (Å²) >= 11 is 5.87. The van der Waals surface area contributed by atoms with E-state index in [1.54, 1.807) is 37.8 Å². The van der Waals surface area contributed by atoms with Crippen molar-refractivity contribution in [1.82, 2.24) is 0 Å². The highest BCUT2D eigenvalue weighted by Gasteiger charge is 2.14. The number of aliphatic hydroxyl groups is 1. The second-order valence-electron chi connectivity index (χ2n) is 3.74. The third-order valence-electron chi connectivity index (χ3n) is 2.56. The number of methoxy groups -OCH3 is 1. The van der Waals surface area contributed by atoms with E-state index in [9.17, 15) is 5.11 Å². The Balaban J connectivity index is 2.21. The van der Waals surface area contributed by atoms with Gasteiger partial charge in [0.2, 0.25) is 0 Å². The van der Waals surface area contributed by atoms with E-state index >= 15 is 0 Å². The van der Waals surface area contributed by atoms with Gasteiger partial charge in [0.1, 0.15) is 5.75 Å². The molecular weight excluding hydrogens is 240 g/mol. The predicted octanol–water partition coefficient (Wildman–Crippen LogP) is 3.22. The zero-order valence-corrected chi connectivity index (χ0v) is 10.1. The maximum atomic E-state index is 10.1. The standard InChI is InChI=1S/C13H13ClO3/c1-16-13-7-10(14)2-3-11(13)12(15)6-9-4-5-17-8-9/h2-5,7-8,12,15H,6H2,1H3. The van der Waals surface area contributed by atoms with Gasteiger partial charge in [0, 0.05) is 17.0 Å². The Morgan fingerprint density at radius 3 is 2.88 bits per heavy atom. The van der Waals surface area contributed by atoms with Gasteiger partial charge in [-0.15, -0.1) is 0 Å². The lowest BCUT2D eigenvalue weighted by atomic mass is 10.0. The molecule has 0 aliphatic carbocycles. The number of aliphatic hydroxyl groups excluding tert-OH is 1. The quantitative estimate of drug-likeness (QED) is 0.909. The first kappa shape index (κ1) is 12.0. The molecule has 4 heteroatoms. The number of hydrogen-bond donors (Lipinski definition) is 1. The van der Waals surface area contributed by atoms with Crippen LogP contribution in [0.2, 0.25) is 5.02 Å². The van der Waals surface area contributed by atoms with Crippen molar-refractivity contribution in [2.75, 3.05) is 7.11 Å². The molecule has 0 fully saturated rings. The van der Waals surface area contributed by atoms with Crippen molar-refractivity contribution in [1.29, 1.82) is 0 Å². The molecule has 0 radical (unpaired) electrons. The smallest absolute Gasteiger partial charge is 0.126 e. The van der Waals surface area contributed by atoms with Crippen molar-refractivity contribution < 1.29 is 14.3 Å². The Hall–Kier alpha value is -1.45. The van der Waals surface area contributed by atoms with Gasteiger partial charge < -0.3 is 14.3 Å². The van der Waals surface area contributed by atoms with Crippen LogP contribution in [0.1, 0.15) is 17.2 Å². The summed E-state index contributed by atoms with van der Waals surface area (Å²) in [5.74, 6) is 0.591. The molecule has 1 heterocycles. The predicted molar refractivity (Wildman–Crippen MR) is 65.4 cm³/mol. The van der Waals surface area contributed by atoms with E-state index in [2.05, 4.69) is 0 Å². The molecule has 17 heavy (non-hydrogen) atoms. The Morgan fingerprint density at radius 1 is 1.41 bits per heavy atom. The summed E-state index contributed by atoms with van der Waals surface area (Å²) < 4.78 is 10.2. The maximum Gasteiger partial charge on any atom is 0.126 e. The van der Waals surface area contributed by atoms with Gasteiger partial charge in [-0.3, -0.25) is 0 Å². The molecule has 0 saturated carbocycles. The molecule has 3 nitrogen and oxygen atoms in total. The molecule has 1 atom stereocenters. The van der Waals surface area contributed by atoms with Crippen molar-refractivity contribution in [2.24, 2.45) is 0 Å². The van der Waals surface area contributed by atoms with Gasteiger partial charge in [0.05, 0.1) is 25.7 Å². The molecular formula is C13H13ClO3. The van der Waals surface area contributed by atoms with Gasteiger partial charge in [0.25, 0.3) is 0 Å². The van der Waals surface area contributed by atoms with Gasteiger partial charge in [-0.25, -0.2) is 0 Å². The topological polar surface area (TPSA) is 42.6 Å². The van der Waals surface area contributed by atoms with E-state index in [1.165, 1.54) is 0 Å². The fourth-order valence-corrected chi connectivity index (χ4v) is 1.86. The van der Waals surface area contributed by atoms with E-state index in [0.29, 0.717) is 17.2 Å². The first-order valence-electron chi connectivity index (χ1n) is 5.23. The van der Waals surface area contributed by atoms with Crippen molar-refractivity contribution >= 4 is 11.6 Å². The lowest BCUT2D eigenvalue weighted by Gasteiger charge is -2.14. The molecule has 0 spiro atoms. The molecule has 1 unspecified atom stereocenters. The highest BCUT2D eigenvalue weighted by Crippen LogP contribution is 2.30. The third kappa shape index (κ3) is 2.81. The summed E-state index contributed by atoms with van der Waals surface area (Å²) in [5.41, 5.74) is 1.66. The van der Waals surface area contributed by atoms with E-state index in [0.717, 1.165) is 11.1 Å². The Morgan fingerprint density at radius 2 is 2.24 bits per heavy atom. The number of benzene rings is 1. The van der Waals surface area contributed by atoms with Crippen LogP contribution in [0, 0.1) is 0 Å². The Kier molecular flexibility index (Phi) is 3.71. The normalized spacial score (nSPS) is 12.4. The van der Waals surface area contributed by atoms with Crippen LogP contribution in [-0.4, -0.2) is 12.2 Å². The van der Waals surface area contributed by atoms with Crippen LogP contribution < -0.4 is 4.74 Å². The highest BCUT2D eigenvalue weighted by atomic mass is 35.5. The number of rotatable bonds is 4. The summed E-state index contributed by atoms with van der Waals surface area (Å²) in [6.07, 6.45) is 3.04. The highest BCUT2D eigenvalue weighted by molar-refractivity contribution is 6.30. The van der Waals surface area contributed by atoms with Crippen LogP contribution in [0.4, 0.5) is 0 Å². The van der Waals surface area contributed by atoms with E-state index in [4.69, 9.17) is 20.8 Å². The monoisotopic (exact) mass is 252 g/mol. The lowest BCUT2D eigenvalue weighted by molar-refractivity contribution is 0.174. The van der Waals surface area contributed by atoms with Crippen LogP contribution in [-0.2, 0) is 6.42 Å². The van der Waals surface area contributed by atoms with E-state index in [1.807, 2.05) is 6.07 Å². The first-order chi connectivity index (χ1) is 8.20. The summed E-state index contributed by atoms with van der Waals surface area (Å²) in [7, 11) is 1.56. The van der Waals surface area contributed by atoms with Gasteiger partial charge in [0.15, 0.2) is 0 Å². The lowest BCUT2D eigenvalue weighted by Crippen LogP contribution is -2.03. The zero-order valence-electron chi connectivity index (χ0n) is 9.39. The summed E-state index contributed by atoms with van der Waals surface area (Å²) in [6, 6.07) is 7.02. The minimum atomic E-state index is -0.639. The van der Waals surface area contributed by atoms with E-state index < -0.39 is 6.10 Å². The molecule has 0 aliphatic heterocycles. The van der Waals surface area contributed by atoms with Gasteiger partial charge in [-0.1, -0.05) is 17.7 Å². The molecule has 1 aromatic heterocycles. The van der Waals surface area contributed by atoms with Crippen LogP contribution in [0.25, 0.3) is 0 Å². The fraction of sp³-hybridized carbons (Fsp3) is 0.231. The van der Waals surface area contributed by atoms with Crippen LogP contribution in [0.3, 0.4) is 0 Å². The van der Waals surface area contributed by atoms with Gasteiger partial charge >= 0.3 is 0 Å². The third-order valence-corrected chi connectivity index (χ3v) is 2.80. The summed E-state index contributed by atoms with van der Waals surface area (Å²) in [5, 5.41) is 10.7. The Bertz CT molecular complexity index is 479. The zero-order chi connectivity index (χ0) is 12.3. The number of hydrogen-bond acceptors (Lipinski definition) is 3. The minimum Gasteiger partial charge on any atom is -0.496 e. The van der Waals surface area contributed by atoms with Crippen molar-refractivity contribution in [2.45, 2.75) is 12.5 Å². The maximum absolute atomic E-state index is 10.1. The summed E-state index contributed by atoms with van der Waals surface area (Å²) in [6.45, 7) is 0. The largest absolute Gasteiger partial charge is 0.496 e. The minimum absolute atomic E-state index is 0.481. The molecule has 0 bridgehead atoms. The Labute approximate surface area is 105 Å². The molecule has 0 saturated heterocycles. The molecule has 2 aromatic rings. The average molecular weight is 253 g/mol. The molecule has 1 aromatic carbocycles. The molecule has 0 amide bonds. The van der Waals surface area contributed by atoms with Crippen LogP contribution >= 0.6 is 11.6 Å². The second kappa shape index (κ2) is 5.25. The molecule has 1 N–H and O–H groups in total. The van der Waals surface area contributed by atoms with Gasteiger partial charge in [-0.05, 0) is 23.8 Å². The molecule has 2 rings (SSSR count). The number of halogens is 1. The number of ether oxygens (including phenoxy) is 1. The van der Waals surface area contributed by atoms with Crippen molar-refractivity contribution in [3.05, 3.63) is 52.9 Å².